The first kappa shape index (κ1) is 24.7. The van der Waals surface area contributed by atoms with Crippen LogP contribution in [0.5, 0.6) is 0 Å². The molecule has 0 spiro atoms. The summed E-state index contributed by atoms with van der Waals surface area (Å²) in [5.41, 5.74) is 0. The molecular weight excluding hydrogens is 470 g/mol. The number of hydrogen-bond acceptors (Lipinski definition) is 3. The third-order valence-electron chi connectivity index (χ3n) is 4.30. The van der Waals surface area contributed by atoms with Crippen molar-refractivity contribution >= 4 is 39.8 Å². The molecule has 0 radical (unpaired) electrons. The summed E-state index contributed by atoms with van der Waals surface area (Å²) in [5.74, 6) is -1.01. The molecule has 5 nitrogen and oxygen atoms in total. The van der Waals surface area contributed by atoms with Crippen molar-refractivity contribution in [1.82, 2.24) is 10.6 Å². The molecule has 0 heterocycles. The summed E-state index contributed by atoms with van der Waals surface area (Å²) in [4.78, 5) is 3.97. The standard InChI is InChI=1S/C15H28F3N3O2S.HI/c1-14(2,3)24(22,23)9-8-20-13(19-4)21-12-7-5-6-11(10-12)15(16,17)18;/h11-12H,5-10H2,1-4H3,(H2,19,20,21);1H. The Hall–Kier alpha value is -0.260. The van der Waals surface area contributed by atoms with Gasteiger partial charge in [-0.1, -0.05) is 6.42 Å². The van der Waals surface area contributed by atoms with Crippen molar-refractivity contribution in [2.45, 2.75) is 63.4 Å². The van der Waals surface area contributed by atoms with E-state index in [1.165, 1.54) is 7.05 Å². The fourth-order valence-corrected chi connectivity index (χ4v) is 3.60. The van der Waals surface area contributed by atoms with E-state index in [1.54, 1.807) is 20.8 Å². The molecule has 2 atom stereocenters. The van der Waals surface area contributed by atoms with Gasteiger partial charge in [0, 0.05) is 19.6 Å². The molecule has 10 heteroatoms. The van der Waals surface area contributed by atoms with Crippen molar-refractivity contribution in [1.29, 1.82) is 0 Å². The van der Waals surface area contributed by atoms with Crippen LogP contribution in [0.2, 0.25) is 0 Å². The maximum atomic E-state index is 12.8. The first-order valence-electron chi connectivity index (χ1n) is 8.13. The first-order chi connectivity index (χ1) is 10.9. The molecule has 1 aliphatic carbocycles. The number of aliphatic imine (C=N–C) groups is 1. The largest absolute Gasteiger partial charge is 0.391 e. The predicted molar refractivity (Wildman–Crippen MR) is 105 cm³/mol. The van der Waals surface area contributed by atoms with Crippen molar-refractivity contribution < 1.29 is 21.6 Å². The average Bonchev–Trinajstić information content (AvgIpc) is 2.44. The average molecular weight is 499 g/mol. The van der Waals surface area contributed by atoms with Crippen LogP contribution >= 0.6 is 24.0 Å². The van der Waals surface area contributed by atoms with E-state index in [9.17, 15) is 21.6 Å². The van der Waals surface area contributed by atoms with Crippen molar-refractivity contribution in [2.24, 2.45) is 10.9 Å². The van der Waals surface area contributed by atoms with Crippen LogP contribution in [0.1, 0.15) is 46.5 Å². The van der Waals surface area contributed by atoms with Crippen LogP contribution in [0.4, 0.5) is 13.2 Å². The Morgan fingerprint density at radius 2 is 1.80 bits per heavy atom. The molecule has 1 fully saturated rings. The summed E-state index contributed by atoms with van der Waals surface area (Å²) in [7, 11) is -1.75. The Morgan fingerprint density at radius 3 is 2.28 bits per heavy atom. The van der Waals surface area contributed by atoms with E-state index in [1.807, 2.05) is 0 Å². The highest BCUT2D eigenvalue weighted by Crippen LogP contribution is 2.37. The minimum Gasteiger partial charge on any atom is -0.355 e. The van der Waals surface area contributed by atoms with Gasteiger partial charge in [0.05, 0.1) is 16.4 Å². The van der Waals surface area contributed by atoms with Gasteiger partial charge in [-0.3, -0.25) is 4.99 Å². The summed E-state index contributed by atoms with van der Waals surface area (Å²) in [6, 6.07) is -0.309. The third-order valence-corrected chi connectivity index (χ3v) is 6.91. The van der Waals surface area contributed by atoms with Gasteiger partial charge in [-0.2, -0.15) is 13.2 Å². The van der Waals surface area contributed by atoms with Gasteiger partial charge in [0.2, 0.25) is 0 Å². The van der Waals surface area contributed by atoms with Gasteiger partial charge in [-0.25, -0.2) is 8.42 Å². The van der Waals surface area contributed by atoms with Crippen molar-refractivity contribution in [2.75, 3.05) is 19.3 Å². The first-order valence-corrected chi connectivity index (χ1v) is 9.78. The molecule has 2 N–H and O–H groups in total. The highest BCUT2D eigenvalue weighted by atomic mass is 127. The number of guanidine groups is 1. The van der Waals surface area contributed by atoms with Gasteiger partial charge in [0.1, 0.15) is 0 Å². The van der Waals surface area contributed by atoms with Crippen molar-refractivity contribution in [3.63, 3.8) is 0 Å². The fourth-order valence-electron chi connectivity index (χ4n) is 2.62. The van der Waals surface area contributed by atoms with Crippen LogP contribution in [0.25, 0.3) is 0 Å². The lowest BCUT2D eigenvalue weighted by molar-refractivity contribution is -0.183. The van der Waals surface area contributed by atoms with Crippen LogP contribution in [-0.2, 0) is 9.84 Å². The fraction of sp³-hybridized carbons (Fsp3) is 0.933. The summed E-state index contributed by atoms with van der Waals surface area (Å²) in [6.07, 6.45) is -2.83. The molecule has 0 aliphatic heterocycles. The topological polar surface area (TPSA) is 70.6 Å². The molecule has 0 saturated heterocycles. The number of nitrogens with one attached hydrogen (secondary N) is 2. The van der Waals surface area contributed by atoms with Crippen LogP contribution < -0.4 is 10.6 Å². The Labute approximate surface area is 165 Å². The minimum absolute atomic E-state index is 0. The summed E-state index contributed by atoms with van der Waals surface area (Å²) in [6.45, 7) is 5.06. The van der Waals surface area contributed by atoms with Gasteiger partial charge < -0.3 is 10.6 Å². The van der Waals surface area contributed by atoms with Crippen LogP contribution in [-0.4, -0.2) is 50.7 Å². The van der Waals surface area contributed by atoms with E-state index in [-0.39, 0.29) is 55.2 Å². The van der Waals surface area contributed by atoms with E-state index < -0.39 is 26.7 Å². The zero-order valence-electron chi connectivity index (χ0n) is 15.1. The molecule has 0 amide bonds. The highest BCUT2D eigenvalue weighted by Gasteiger charge is 2.42. The Morgan fingerprint density at radius 1 is 1.20 bits per heavy atom. The quantitative estimate of drug-likeness (QED) is 0.355. The maximum absolute atomic E-state index is 12.8. The number of alkyl halides is 3. The lowest BCUT2D eigenvalue weighted by atomic mass is 9.85. The SMILES string of the molecule is CN=C(NCCS(=O)(=O)C(C)(C)C)NC1CCCC(C(F)(F)F)C1.I. The van der Waals surface area contributed by atoms with Gasteiger partial charge in [-0.15, -0.1) is 24.0 Å². The molecule has 150 valence electrons. The summed E-state index contributed by atoms with van der Waals surface area (Å²) >= 11 is 0. The van der Waals surface area contributed by atoms with E-state index in [4.69, 9.17) is 0 Å². The zero-order valence-corrected chi connectivity index (χ0v) is 18.3. The van der Waals surface area contributed by atoms with E-state index in [0.29, 0.717) is 18.8 Å². The van der Waals surface area contributed by atoms with Crippen LogP contribution in [0, 0.1) is 5.92 Å². The Balaban J connectivity index is 0.00000576. The lowest BCUT2D eigenvalue weighted by Gasteiger charge is -2.32. The van der Waals surface area contributed by atoms with Gasteiger partial charge in [-0.05, 0) is 40.0 Å². The molecule has 0 aromatic rings. The third kappa shape index (κ3) is 7.88. The molecule has 0 aromatic carbocycles. The normalized spacial score (nSPS) is 22.9. The molecule has 0 bridgehead atoms. The smallest absolute Gasteiger partial charge is 0.355 e. The number of sulfone groups is 1. The van der Waals surface area contributed by atoms with Crippen LogP contribution in [0.3, 0.4) is 0 Å². The molecule has 25 heavy (non-hydrogen) atoms. The molecule has 1 aliphatic rings. The number of rotatable bonds is 4. The van der Waals surface area contributed by atoms with E-state index in [2.05, 4.69) is 15.6 Å². The number of nitrogens with zero attached hydrogens (tertiary/aromatic N) is 1. The molecule has 1 saturated carbocycles. The highest BCUT2D eigenvalue weighted by molar-refractivity contribution is 14.0. The monoisotopic (exact) mass is 499 g/mol. The van der Waals surface area contributed by atoms with E-state index >= 15 is 0 Å². The maximum Gasteiger partial charge on any atom is 0.391 e. The van der Waals surface area contributed by atoms with Gasteiger partial charge in [0.15, 0.2) is 15.8 Å². The minimum atomic E-state index is -4.17. The summed E-state index contributed by atoms with van der Waals surface area (Å²) < 4.78 is 61.8. The Bertz CT molecular complexity index is 545. The predicted octanol–water partition coefficient (Wildman–Crippen LogP) is 3.10. The molecule has 0 aromatic heterocycles. The number of halogens is 4. The zero-order chi connectivity index (χ0) is 18.6. The molecule has 1 rings (SSSR count). The second-order valence-corrected chi connectivity index (χ2v) is 10.0. The molecular formula is C15H29F3IN3O2S. The summed E-state index contributed by atoms with van der Waals surface area (Å²) in [5, 5.41) is 5.85. The second-order valence-electron chi connectivity index (χ2n) is 7.18. The van der Waals surface area contributed by atoms with Crippen molar-refractivity contribution in [3.05, 3.63) is 0 Å². The Kier molecular flexibility index (Phi) is 9.51. The van der Waals surface area contributed by atoms with Gasteiger partial charge in [0.25, 0.3) is 0 Å². The second kappa shape index (κ2) is 9.61. The molecule has 2 unspecified atom stereocenters. The van der Waals surface area contributed by atoms with Crippen LogP contribution in [0.15, 0.2) is 4.99 Å². The lowest BCUT2D eigenvalue weighted by Crippen LogP contribution is -2.48. The number of hydrogen-bond donors (Lipinski definition) is 2. The van der Waals surface area contributed by atoms with E-state index in [0.717, 1.165) is 0 Å². The van der Waals surface area contributed by atoms with Gasteiger partial charge >= 0.3 is 6.18 Å². The van der Waals surface area contributed by atoms with Crippen molar-refractivity contribution in [3.8, 4) is 0 Å².